The fraction of sp³-hybridized carbons (Fsp3) is 0.296. The van der Waals surface area contributed by atoms with E-state index in [1.807, 2.05) is 0 Å². The minimum Gasteiger partial charge on any atom is -0.550 e. The molecule has 0 heterocycles. The third-order valence-corrected chi connectivity index (χ3v) is 6.90. The monoisotopic (exact) mass is 420 g/mol. The van der Waals surface area contributed by atoms with Gasteiger partial charge in [0.05, 0.1) is 10.9 Å². The van der Waals surface area contributed by atoms with Crippen LogP contribution in [0, 0.1) is 0 Å². The summed E-state index contributed by atoms with van der Waals surface area (Å²) in [7, 11) is -0.0146. The van der Waals surface area contributed by atoms with Gasteiger partial charge in [-0.2, -0.15) is 0 Å². The quantitative estimate of drug-likeness (QED) is 0.286. The maximum atomic E-state index is 9.98. The van der Waals surface area contributed by atoms with Gasteiger partial charge in [0.15, 0.2) is 14.7 Å². The number of hydrogen-bond acceptors (Lipinski definition) is 2. The van der Waals surface area contributed by atoms with E-state index in [9.17, 15) is 9.90 Å². The van der Waals surface area contributed by atoms with E-state index in [0.717, 1.165) is 12.8 Å². The molecule has 0 atom stereocenters. The van der Waals surface area contributed by atoms with E-state index in [2.05, 4.69) is 97.9 Å². The lowest BCUT2D eigenvalue weighted by atomic mass is 10.1. The van der Waals surface area contributed by atoms with Crippen molar-refractivity contribution < 1.29 is 9.90 Å². The lowest BCUT2D eigenvalue weighted by Crippen LogP contribution is -2.21. The standard InChI is InChI=1S/C18H15S.C9H18O2/c1-4-10-16(11-5-1)19(17-12-6-2-7-13-17)18-14-8-3-9-15-18;1-2-3-4-5-6-7-8-9(10)11/h1-15H;2-8H2,1H3,(H,10,11)/q+1;/p-1. The maximum Gasteiger partial charge on any atom is 0.166 e. The first-order valence-corrected chi connectivity index (χ1v) is 12.0. The zero-order chi connectivity index (χ0) is 21.4. The van der Waals surface area contributed by atoms with Crippen molar-refractivity contribution in [2.24, 2.45) is 0 Å². The van der Waals surface area contributed by atoms with Crippen molar-refractivity contribution >= 4 is 16.9 Å². The van der Waals surface area contributed by atoms with Gasteiger partial charge in [-0.1, -0.05) is 93.6 Å². The molecule has 0 unspecified atom stereocenters. The number of aliphatic carboxylic acids is 1. The number of rotatable bonds is 10. The van der Waals surface area contributed by atoms with Crippen molar-refractivity contribution in [2.75, 3.05) is 0 Å². The first kappa shape index (κ1) is 23.8. The molecule has 0 spiro atoms. The summed E-state index contributed by atoms with van der Waals surface area (Å²) in [6.45, 7) is 2.17. The molecule has 0 aromatic heterocycles. The summed E-state index contributed by atoms with van der Waals surface area (Å²) in [4.78, 5) is 14.1. The van der Waals surface area contributed by atoms with Gasteiger partial charge in [0.25, 0.3) is 0 Å². The predicted molar refractivity (Wildman–Crippen MR) is 124 cm³/mol. The van der Waals surface area contributed by atoms with Gasteiger partial charge in [-0.3, -0.25) is 0 Å². The summed E-state index contributed by atoms with van der Waals surface area (Å²) in [6.07, 6.45) is 6.96. The Morgan fingerprint density at radius 2 is 1.00 bits per heavy atom. The van der Waals surface area contributed by atoms with Gasteiger partial charge in [-0.05, 0) is 49.2 Å². The number of benzene rings is 3. The molecule has 3 aromatic carbocycles. The highest BCUT2D eigenvalue weighted by atomic mass is 32.2. The first-order valence-electron chi connectivity index (χ1n) is 10.8. The Balaban J connectivity index is 0.000000252. The third kappa shape index (κ3) is 8.87. The van der Waals surface area contributed by atoms with E-state index >= 15 is 0 Å². The van der Waals surface area contributed by atoms with Gasteiger partial charge >= 0.3 is 0 Å². The molecule has 0 saturated carbocycles. The van der Waals surface area contributed by atoms with Crippen LogP contribution in [0.1, 0.15) is 51.9 Å². The van der Waals surface area contributed by atoms with Crippen LogP contribution in [0.5, 0.6) is 0 Å². The van der Waals surface area contributed by atoms with Crippen LogP contribution in [0.25, 0.3) is 0 Å². The van der Waals surface area contributed by atoms with Gasteiger partial charge < -0.3 is 9.90 Å². The Bertz CT molecular complexity index is 725. The molecule has 0 aliphatic rings. The number of carbonyl (C=O) groups excluding carboxylic acids is 1. The summed E-state index contributed by atoms with van der Waals surface area (Å²) in [6, 6.07) is 32.2. The second kappa shape index (κ2) is 14.5. The Kier molecular flexibility index (Phi) is 11.5. The number of carboxylic acids is 1. The van der Waals surface area contributed by atoms with E-state index < -0.39 is 5.97 Å². The van der Waals surface area contributed by atoms with Crippen molar-refractivity contribution in [3.8, 4) is 0 Å². The summed E-state index contributed by atoms with van der Waals surface area (Å²) in [5.74, 6) is -0.916. The Hall–Kier alpha value is -2.52. The number of carbonyl (C=O) groups is 1. The number of hydrogen-bond donors (Lipinski definition) is 0. The minimum absolute atomic E-state index is 0.0146. The molecule has 0 saturated heterocycles. The molecular weight excluding hydrogens is 388 g/mol. The SMILES string of the molecule is CCCCCCCCC(=O)[O-].c1ccc([S+](c2ccccc2)c2ccccc2)cc1. The molecule has 3 heteroatoms. The second-order valence-electron chi connectivity index (χ2n) is 7.14. The van der Waals surface area contributed by atoms with Crippen molar-refractivity contribution in [1.29, 1.82) is 0 Å². The topological polar surface area (TPSA) is 40.1 Å². The molecule has 0 amide bonds. The Morgan fingerprint density at radius 3 is 1.37 bits per heavy atom. The van der Waals surface area contributed by atoms with E-state index in [1.165, 1.54) is 40.4 Å². The van der Waals surface area contributed by atoms with Crippen molar-refractivity contribution in [2.45, 2.75) is 66.6 Å². The van der Waals surface area contributed by atoms with Gasteiger partial charge in [0.1, 0.15) is 0 Å². The molecule has 0 fully saturated rings. The normalized spacial score (nSPS) is 10.3. The molecule has 30 heavy (non-hydrogen) atoms. The van der Waals surface area contributed by atoms with Crippen LogP contribution < -0.4 is 5.11 Å². The molecule has 2 nitrogen and oxygen atoms in total. The molecule has 0 aliphatic carbocycles. The van der Waals surface area contributed by atoms with E-state index in [-0.39, 0.29) is 17.3 Å². The molecule has 158 valence electrons. The zero-order valence-electron chi connectivity index (χ0n) is 17.8. The highest BCUT2D eigenvalue weighted by Crippen LogP contribution is 2.30. The van der Waals surface area contributed by atoms with Crippen LogP contribution in [0.4, 0.5) is 0 Å². The Labute approximate surface area is 184 Å². The molecule has 0 N–H and O–H groups in total. The summed E-state index contributed by atoms with van der Waals surface area (Å²) in [5.41, 5.74) is 0. The van der Waals surface area contributed by atoms with Crippen molar-refractivity contribution in [3.63, 3.8) is 0 Å². The van der Waals surface area contributed by atoms with Gasteiger partial charge in [0.2, 0.25) is 0 Å². The summed E-state index contributed by atoms with van der Waals surface area (Å²) < 4.78 is 0. The van der Waals surface area contributed by atoms with Crippen LogP contribution in [-0.4, -0.2) is 5.97 Å². The fourth-order valence-electron chi connectivity index (χ4n) is 3.13. The van der Waals surface area contributed by atoms with Gasteiger partial charge in [-0.15, -0.1) is 0 Å². The molecule has 0 radical (unpaired) electrons. The van der Waals surface area contributed by atoms with Crippen LogP contribution >= 0.6 is 0 Å². The average molecular weight is 421 g/mol. The van der Waals surface area contributed by atoms with E-state index in [4.69, 9.17) is 0 Å². The van der Waals surface area contributed by atoms with Crippen LogP contribution in [-0.2, 0) is 15.7 Å². The molecule has 3 aromatic rings. The number of unbranched alkanes of at least 4 members (excludes halogenated alkanes) is 5. The lowest BCUT2D eigenvalue weighted by Gasteiger charge is -2.07. The van der Waals surface area contributed by atoms with Crippen molar-refractivity contribution in [1.82, 2.24) is 0 Å². The van der Waals surface area contributed by atoms with E-state index in [1.54, 1.807) is 0 Å². The maximum absolute atomic E-state index is 9.98. The second-order valence-corrected chi connectivity index (χ2v) is 9.16. The van der Waals surface area contributed by atoms with Gasteiger partial charge in [-0.25, -0.2) is 0 Å². The average Bonchev–Trinajstić information content (AvgIpc) is 2.79. The van der Waals surface area contributed by atoms with Crippen LogP contribution in [0.2, 0.25) is 0 Å². The largest absolute Gasteiger partial charge is 0.550 e. The fourth-order valence-corrected chi connectivity index (χ4v) is 5.23. The highest BCUT2D eigenvalue weighted by molar-refractivity contribution is 7.97. The molecule has 0 aliphatic heterocycles. The molecular formula is C27H32O2S. The number of carboxylic acid groups (broad SMARTS) is 1. The predicted octanol–water partition coefficient (Wildman–Crippen LogP) is 6.27. The summed E-state index contributed by atoms with van der Waals surface area (Å²) in [5, 5.41) is 9.98. The minimum atomic E-state index is -0.916. The lowest BCUT2D eigenvalue weighted by molar-refractivity contribution is -0.305. The highest BCUT2D eigenvalue weighted by Gasteiger charge is 2.27. The smallest absolute Gasteiger partial charge is 0.166 e. The van der Waals surface area contributed by atoms with Crippen molar-refractivity contribution in [3.05, 3.63) is 91.0 Å². The van der Waals surface area contributed by atoms with Crippen LogP contribution in [0.15, 0.2) is 106 Å². The third-order valence-electron chi connectivity index (χ3n) is 4.67. The Morgan fingerprint density at radius 1 is 0.633 bits per heavy atom. The molecule has 0 bridgehead atoms. The summed E-state index contributed by atoms with van der Waals surface area (Å²) >= 11 is 0. The van der Waals surface area contributed by atoms with E-state index in [0.29, 0.717) is 0 Å². The first-order chi connectivity index (χ1) is 14.7. The van der Waals surface area contributed by atoms with Gasteiger partial charge in [0, 0.05) is 5.97 Å². The molecule has 3 rings (SSSR count). The zero-order valence-corrected chi connectivity index (χ0v) is 18.7. The van der Waals surface area contributed by atoms with Crippen LogP contribution in [0.3, 0.4) is 0 Å².